The van der Waals surface area contributed by atoms with E-state index in [0.717, 1.165) is 38.1 Å². The molecule has 28 heavy (non-hydrogen) atoms. The van der Waals surface area contributed by atoms with E-state index < -0.39 is 0 Å². The number of benzene rings is 3. The minimum atomic E-state index is 0.578. The van der Waals surface area contributed by atoms with Gasteiger partial charge in [-0.3, -0.25) is 0 Å². The van der Waals surface area contributed by atoms with Crippen molar-refractivity contribution in [2.45, 2.75) is 13.8 Å². The molecule has 2 nitrogen and oxygen atoms in total. The van der Waals surface area contributed by atoms with Crippen LogP contribution >= 0.6 is 0 Å². The van der Waals surface area contributed by atoms with Gasteiger partial charge in [0.1, 0.15) is 0 Å². The van der Waals surface area contributed by atoms with Gasteiger partial charge in [0.15, 0.2) is 0 Å². The molecule has 2 aromatic heterocycles. The predicted molar refractivity (Wildman–Crippen MR) is 116 cm³/mol. The molecule has 0 bridgehead atoms. The van der Waals surface area contributed by atoms with Gasteiger partial charge in [0.05, 0.1) is 22.4 Å². The number of pyridine rings is 1. The lowest BCUT2D eigenvalue weighted by Gasteiger charge is -2.05. The Kier molecular flexibility index (Phi) is 4.90. The number of hydrogen-bond donors (Lipinski definition) is 0. The number of para-hydroxylation sites is 1. The molecule has 0 radical (unpaired) electrons. The largest absolute Gasteiger partial charge is 0.248 e. The van der Waals surface area contributed by atoms with Crippen molar-refractivity contribution in [2.75, 3.05) is 0 Å². The molecule has 0 amide bonds. The van der Waals surface area contributed by atoms with Gasteiger partial charge in [-0.1, -0.05) is 79.0 Å². The predicted octanol–water partition coefficient (Wildman–Crippen LogP) is 7.28. The van der Waals surface area contributed by atoms with Crippen molar-refractivity contribution in [1.29, 1.82) is 0 Å². The second-order valence-corrected chi connectivity index (χ2v) is 6.30. The highest BCUT2D eigenvalue weighted by molar-refractivity contribution is 6.08. The van der Waals surface area contributed by atoms with Gasteiger partial charge in [0.2, 0.25) is 0 Å². The minimum Gasteiger partial charge on any atom is -0.248 e. The number of nitrogens with zero attached hydrogens (tertiary/aromatic N) is 2. The molecule has 0 N–H and O–H groups in total. The van der Waals surface area contributed by atoms with Crippen LogP contribution in [-0.2, 0) is 0 Å². The molecule has 0 saturated carbocycles. The van der Waals surface area contributed by atoms with Gasteiger partial charge in [-0.2, -0.15) is 4.79 Å². The van der Waals surface area contributed by atoms with Crippen molar-refractivity contribution < 1.29 is 4.48 Å². The van der Waals surface area contributed by atoms with Crippen molar-refractivity contribution in [1.82, 2.24) is 9.77 Å². The summed E-state index contributed by atoms with van der Waals surface area (Å²) < 4.78 is 14.5. The molecule has 0 spiro atoms. The fraction of sp³-hybridized carbons (Fsp3) is 0.0800. The van der Waals surface area contributed by atoms with Crippen LogP contribution in [0.25, 0.3) is 44.3 Å². The van der Waals surface area contributed by atoms with E-state index in [1.54, 1.807) is 6.07 Å². The third kappa shape index (κ3) is 3.05. The topological polar surface area (TPSA) is 17.8 Å². The summed E-state index contributed by atoms with van der Waals surface area (Å²) in [4.78, 5) is 5.56. The van der Waals surface area contributed by atoms with Crippen molar-refractivity contribution in [3.05, 3.63) is 91.0 Å². The monoisotopic (exact) mass is 368 g/mol. The Balaban J connectivity index is 0.000000932. The Morgan fingerprint density at radius 2 is 1.25 bits per heavy atom. The molecule has 0 aliphatic heterocycles. The van der Waals surface area contributed by atoms with E-state index in [9.17, 15) is 4.48 Å². The van der Waals surface area contributed by atoms with Gasteiger partial charge in [0.25, 0.3) is 0 Å². The van der Waals surface area contributed by atoms with Crippen LogP contribution in [0.2, 0.25) is 0 Å². The van der Waals surface area contributed by atoms with Crippen LogP contribution in [0, 0.1) is 0 Å². The lowest BCUT2D eigenvalue weighted by molar-refractivity contribution is 0.405. The third-order valence-corrected chi connectivity index (χ3v) is 4.73. The van der Waals surface area contributed by atoms with Crippen molar-refractivity contribution in [2.24, 2.45) is 0 Å². The standard InChI is InChI=1S/C23H15FN2.C2H6/c24-26-22-12-5-4-9-18(22)19-15-17(13-14-23(19)26)21-11-6-10-20(25-21)16-7-2-1-3-8-16;1-2/h1-15H;1-2H3. The van der Waals surface area contributed by atoms with E-state index in [1.165, 1.54) is 0 Å². The quantitative estimate of drug-likeness (QED) is 0.320. The van der Waals surface area contributed by atoms with Crippen LogP contribution in [0.15, 0.2) is 91.0 Å². The SMILES string of the molecule is CC.Fn1c2ccccc2c2cc(-c3cccc(-c4ccccc4)n3)ccc21. The van der Waals surface area contributed by atoms with Crippen molar-refractivity contribution in [3.63, 3.8) is 0 Å². The summed E-state index contributed by atoms with van der Waals surface area (Å²) >= 11 is 0. The molecule has 2 heterocycles. The molecular formula is C25H21FN2. The maximum Gasteiger partial charge on any atom is 0.0826 e. The number of halogens is 1. The molecule has 0 unspecified atom stereocenters. The van der Waals surface area contributed by atoms with Gasteiger partial charge in [-0.15, -0.1) is 0 Å². The molecular weight excluding hydrogens is 347 g/mol. The first-order valence-electron chi connectivity index (χ1n) is 9.53. The second-order valence-electron chi connectivity index (χ2n) is 6.30. The van der Waals surface area contributed by atoms with E-state index in [-0.39, 0.29) is 0 Å². The molecule has 5 rings (SSSR count). The maximum absolute atomic E-state index is 14.5. The van der Waals surface area contributed by atoms with Crippen LogP contribution in [0.3, 0.4) is 0 Å². The first-order chi connectivity index (χ1) is 13.8. The Bertz CT molecular complexity index is 1240. The van der Waals surface area contributed by atoms with Crippen molar-refractivity contribution >= 4 is 21.8 Å². The molecule has 5 aromatic rings. The summed E-state index contributed by atoms with van der Waals surface area (Å²) in [6.45, 7) is 4.00. The Labute approximate surface area is 163 Å². The molecule has 3 heteroatoms. The molecule has 138 valence electrons. The molecule has 0 atom stereocenters. The van der Waals surface area contributed by atoms with Crippen LogP contribution < -0.4 is 0 Å². The molecule has 3 aromatic carbocycles. The summed E-state index contributed by atoms with van der Waals surface area (Å²) in [5, 5.41) is 1.80. The van der Waals surface area contributed by atoms with E-state index in [2.05, 4.69) is 0 Å². The van der Waals surface area contributed by atoms with E-state index >= 15 is 0 Å². The second kappa shape index (κ2) is 7.65. The van der Waals surface area contributed by atoms with Crippen LogP contribution in [-0.4, -0.2) is 9.77 Å². The van der Waals surface area contributed by atoms with E-state index in [1.807, 2.05) is 98.8 Å². The summed E-state index contributed by atoms with van der Waals surface area (Å²) in [5.41, 5.74) is 5.03. The van der Waals surface area contributed by atoms with Crippen LogP contribution in [0.4, 0.5) is 4.48 Å². The summed E-state index contributed by atoms with van der Waals surface area (Å²) in [6.07, 6.45) is 0. The Morgan fingerprint density at radius 3 is 2.04 bits per heavy atom. The average molecular weight is 368 g/mol. The van der Waals surface area contributed by atoms with E-state index in [4.69, 9.17) is 4.98 Å². The number of rotatable bonds is 2. The third-order valence-electron chi connectivity index (χ3n) is 4.73. The minimum absolute atomic E-state index is 0.578. The maximum atomic E-state index is 14.5. The smallest absolute Gasteiger partial charge is 0.0826 e. The summed E-state index contributed by atoms with van der Waals surface area (Å²) in [7, 11) is 0. The zero-order chi connectivity index (χ0) is 19.5. The fourth-order valence-electron chi connectivity index (χ4n) is 3.45. The highest BCUT2D eigenvalue weighted by atomic mass is 19.2. The zero-order valence-corrected chi connectivity index (χ0v) is 15.9. The van der Waals surface area contributed by atoms with E-state index in [0.29, 0.717) is 11.0 Å². The molecule has 0 fully saturated rings. The Morgan fingerprint density at radius 1 is 0.607 bits per heavy atom. The lowest BCUT2D eigenvalue weighted by atomic mass is 10.1. The molecule has 0 saturated heterocycles. The Hall–Kier alpha value is -3.46. The highest BCUT2D eigenvalue weighted by Gasteiger charge is 2.12. The van der Waals surface area contributed by atoms with Crippen LogP contribution in [0.1, 0.15) is 13.8 Å². The first-order valence-corrected chi connectivity index (χ1v) is 9.53. The molecule has 0 aliphatic carbocycles. The number of hydrogen-bond acceptors (Lipinski definition) is 1. The number of fused-ring (bicyclic) bond motifs is 3. The number of aromatic nitrogens is 2. The van der Waals surface area contributed by atoms with Gasteiger partial charge < -0.3 is 0 Å². The van der Waals surface area contributed by atoms with Gasteiger partial charge in [-0.05, 0) is 30.3 Å². The lowest BCUT2D eigenvalue weighted by Crippen LogP contribution is -1.88. The van der Waals surface area contributed by atoms with Crippen LogP contribution in [0.5, 0.6) is 0 Å². The van der Waals surface area contributed by atoms with Crippen molar-refractivity contribution in [3.8, 4) is 22.5 Å². The van der Waals surface area contributed by atoms with Gasteiger partial charge in [0, 0.05) is 21.9 Å². The zero-order valence-electron chi connectivity index (χ0n) is 15.9. The fourth-order valence-corrected chi connectivity index (χ4v) is 3.45. The normalized spacial score (nSPS) is 10.7. The summed E-state index contributed by atoms with van der Waals surface area (Å²) in [6, 6.07) is 29.4. The van der Waals surface area contributed by atoms with Gasteiger partial charge >= 0.3 is 0 Å². The highest BCUT2D eigenvalue weighted by Crippen LogP contribution is 2.32. The van der Waals surface area contributed by atoms with Gasteiger partial charge in [-0.25, -0.2) is 4.98 Å². The molecule has 0 aliphatic rings. The summed E-state index contributed by atoms with van der Waals surface area (Å²) in [5.74, 6) is 0. The first kappa shape index (κ1) is 17.9. The average Bonchev–Trinajstić information content (AvgIpc) is 3.08.